The third kappa shape index (κ3) is 3.68. The summed E-state index contributed by atoms with van der Waals surface area (Å²) in [5, 5.41) is 8.39. The summed E-state index contributed by atoms with van der Waals surface area (Å²) in [7, 11) is 0. The van der Waals surface area contributed by atoms with Crippen molar-refractivity contribution in [1.82, 2.24) is 20.1 Å². The molecular weight excluding hydrogens is 360 g/mol. The Kier molecular flexibility index (Phi) is 4.85. The van der Waals surface area contributed by atoms with Crippen molar-refractivity contribution in [2.24, 2.45) is 0 Å². The molecule has 4 rings (SSSR count). The summed E-state index contributed by atoms with van der Waals surface area (Å²) in [6.45, 7) is 1.06. The number of aromatic nitrogens is 3. The van der Waals surface area contributed by atoms with Crippen LogP contribution in [0.15, 0.2) is 73.2 Å². The second-order valence-corrected chi connectivity index (χ2v) is 6.55. The van der Waals surface area contributed by atoms with Gasteiger partial charge in [-0.05, 0) is 35.4 Å². The molecule has 6 heteroatoms. The average Bonchev–Trinajstić information content (AvgIpc) is 3.20. The predicted molar refractivity (Wildman–Crippen MR) is 106 cm³/mol. The summed E-state index contributed by atoms with van der Waals surface area (Å²) in [5.41, 5.74) is 3.33. The molecular formula is C21H17ClN4O. The van der Waals surface area contributed by atoms with Gasteiger partial charge in [0.25, 0.3) is 5.91 Å². The third-order valence-electron chi connectivity index (χ3n) is 4.41. The number of fused-ring (bicyclic) bond motifs is 1. The Morgan fingerprint density at radius 2 is 1.85 bits per heavy atom. The van der Waals surface area contributed by atoms with E-state index in [4.69, 9.17) is 11.6 Å². The molecule has 0 spiro atoms. The average molecular weight is 377 g/mol. The van der Waals surface area contributed by atoms with E-state index in [1.165, 1.54) is 0 Å². The van der Waals surface area contributed by atoms with Gasteiger partial charge in [0, 0.05) is 30.5 Å². The van der Waals surface area contributed by atoms with Gasteiger partial charge in [0.15, 0.2) is 0 Å². The van der Waals surface area contributed by atoms with Gasteiger partial charge in [0.1, 0.15) is 0 Å². The van der Waals surface area contributed by atoms with E-state index < -0.39 is 0 Å². The summed E-state index contributed by atoms with van der Waals surface area (Å²) >= 11 is 6.31. The molecule has 27 heavy (non-hydrogen) atoms. The zero-order valence-corrected chi connectivity index (χ0v) is 15.2. The molecule has 0 aliphatic heterocycles. The molecule has 0 fully saturated rings. The van der Waals surface area contributed by atoms with Crippen LogP contribution in [0.4, 0.5) is 0 Å². The van der Waals surface area contributed by atoms with Gasteiger partial charge in [-0.15, -0.1) is 0 Å². The van der Waals surface area contributed by atoms with Gasteiger partial charge in [-0.25, -0.2) is 0 Å². The minimum Gasteiger partial charge on any atom is -0.348 e. The van der Waals surface area contributed by atoms with Gasteiger partial charge in [0.05, 0.1) is 22.6 Å². The van der Waals surface area contributed by atoms with Crippen LogP contribution < -0.4 is 5.32 Å². The fourth-order valence-electron chi connectivity index (χ4n) is 3.07. The minimum atomic E-state index is -0.215. The Morgan fingerprint density at radius 1 is 1.00 bits per heavy atom. The predicted octanol–water partition coefficient (Wildman–Crippen LogP) is 4.06. The first-order valence-corrected chi connectivity index (χ1v) is 8.96. The fourth-order valence-corrected chi connectivity index (χ4v) is 3.32. The number of rotatable bonds is 5. The van der Waals surface area contributed by atoms with E-state index in [0.717, 1.165) is 22.0 Å². The van der Waals surface area contributed by atoms with Gasteiger partial charge in [-0.3, -0.25) is 14.5 Å². The van der Waals surface area contributed by atoms with Gasteiger partial charge in [0.2, 0.25) is 0 Å². The number of halogens is 1. The Hall–Kier alpha value is -3.18. The number of pyridine rings is 1. The maximum atomic E-state index is 12.8. The monoisotopic (exact) mass is 376 g/mol. The third-order valence-corrected chi connectivity index (χ3v) is 4.73. The lowest BCUT2D eigenvalue weighted by atomic mass is 10.1. The van der Waals surface area contributed by atoms with Crippen molar-refractivity contribution in [3.8, 4) is 0 Å². The summed E-state index contributed by atoms with van der Waals surface area (Å²) in [6.07, 6.45) is 5.36. The van der Waals surface area contributed by atoms with Crippen LogP contribution in [0.3, 0.4) is 0 Å². The van der Waals surface area contributed by atoms with Crippen molar-refractivity contribution in [1.29, 1.82) is 0 Å². The smallest absolute Gasteiger partial charge is 0.253 e. The number of nitrogens with one attached hydrogen (secondary N) is 1. The second-order valence-electron chi connectivity index (χ2n) is 6.15. The van der Waals surface area contributed by atoms with Crippen LogP contribution in [0, 0.1) is 0 Å². The lowest BCUT2D eigenvalue weighted by Crippen LogP contribution is -2.24. The topological polar surface area (TPSA) is 59.8 Å². The lowest BCUT2D eigenvalue weighted by Gasteiger charge is -2.12. The van der Waals surface area contributed by atoms with E-state index >= 15 is 0 Å². The fraction of sp³-hybridized carbons (Fsp3) is 0.0952. The van der Waals surface area contributed by atoms with Crippen molar-refractivity contribution in [2.45, 2.75) is 13.1 Å². The van der Waals surface area contributed by atoms with Gasteiger partial charge < -0.3 is 5.32 Å². The standard InChI is InChI=1S/C21H17ClN4O/c22-18-8-9-19-17(7-3-10-23-19)20(18)21(27)24-13-15-5-1-2-6-16(15)14-26-12-4-11-25-26/h1-12H,13-14H2,(H,24,27). The number of hydrogen-bond acceptors (Lipinski definition) is 3. The molecule has 1 amide bonds. The minimum absolute atomic E-state index is 0.215. The molecule has 5 nitrogen and oxygen atoms in total. The van der Waals surface area contributed by atoms with Gasteiger partial charge in [-0.1, -0.05) is 41.9 Å². The van der Waals surface area contributed by atoms with Crippen LogP contribution in [0.1, 0.15) is 21.5 Å². The largest absolute Gasteiger partial charge is 0.348 e. The molecule has 0 saturated carbocycles. The summed E-state index contributed by atoms with van der Waals surface area (Å²) in [5.74, 6) is -0.215. The number of amides is 1. The number of benzene rings is 2. The van der Waals surface area contributed by atoms with E-state index in [9.17, 15) is 4.79 Å². The Balaban J connectivity index is 1.57. The first kappa shape index (κ1) is 17.2. The number of hydrogen-bond donors (Lipinski definition) is 1. The van der Waals surface area contributed by atoms with Crippen LogP contribution in [-0.4, -0.2) is 20.7 Å². The summed E-state index contributed by atoms with van der Waals surface area (Å²) < 4.78 is 1.86. The molecule has 2 aromatic heterocycles. The molecule has 0 aliphatic carbocycles. The molecule has 2 aromatic carbocycles. The maximum absolute atomic E-state index is 12.8. The molecule has 0 saturated heterocycles. The first-order valence-electron chi connectivity index (χ1n) is 8.58. The maximum Gasteiger partial charge on any atom is 0.253 e. The van der Waals surface area contributed by atoms with Crippen LogP contribution in [0.2, 0.25) is 5.02 Å². The Morgan fingerprint density at radius 3 is 2.67 bits per heavy atom. The summed E-state index contributed by atoms with van der Waals surface area (Å²) in [6, 6.07) is 17.1. The van der Waals surface area contributed by atoms with E-state index in [-0.39, 0.29) is 5.91 Å². The number of carbonyl (C=O) groups excluding carboxylic acids is 1. The molecule has 0 radical (unpaired) electrons. The molecule has 0 bridgehead atoms. The van der Waals surface area contributed by atoms with E-state index in [1.807, 2.05) is 53.3 Å². The molecule has 1 N–H and O–H groups in total. The molecule has 0 aliphatic rings. The van der Waals surface area contributed by atoms with Crippen molar-refractivity contribution >= 4 is 28.4 Å². The van der Waals surface area contributed by atoms with Crippen molar-refractivity contribution < 1.29 is 4.79 Å². The molecule has 4 aromatic rings. The van der Waals surface area contributed by atoms with Crippen molar-refractivity contribution in [3.63, 3.8) is 0 Å². The highest BCUT2D eigenvalue weighted by Crippen LogP contribution is 2.25. The van der Waals surface area contributed by atoms with Crippen LogP contribution >= 0.6 is 11.6 Å². The first-order chi connectivity index (χ1) is 13.2. The summed E-state index contributed by atoms with van der Waals surface area (Å²) in [4.78, 5) is 17.1. The zero-order chi connectivity index (χ0) is 18.6. The normalized spacial score (nSPS) is 10.9. The van der Waals surface area contributed by atoms with Gasteiger partial charge in [-0.2, -0.15) is 5.10 Å². The van der Waals surface area contributed by atoms with Crippen LogP contribution in [-0.2, 0) is 13.1 Å². The van der Waals surface area contributed by atoms with Crippen molar-refractivity contribution in [3.05, 3.63) is 94.9 Å². The lowest BCUT2D eigenvalue weighted by molar-refractivity contribution is 0.0952. The van der Waals surface area contributed by atoms with Crippen molar-refractivity contribution in [2.75, 3.05) is 0 Å². The highest BCUT2D eigenvalue weighted by atomic mass is 35.5. The Labute approximate surface area is 161 Å². The zero-order valence-electron chi connectivity index (χ0n) is 14.5. The number of carbonyl (C=O) groups is 1. The van der Waals surface area contributed by atoms with Crippen LogP contribution in [0.25, 0.3) is 10.9 Å². The highest BCUT2D eigenvalue weighted by Gasteiger charge is 2.15. The highest BCUT2D eigenvalue weighted by molar-refractivity contribution is 6.35. The van der Waals surface area contributed by atoms with E-state index in [2.05, 4.69) is 15.4 Å². The molecule has 0 atom stereocenters. The van der Waals surface area contributed by atoms with E-state index in [1.54, 1.807) is 24.5 Å². The van der Waals surface area contributed by atoms with E-state index in [0.29, 0.717) is 23.7 Å². The van der Waals surface area contributed by atoms with Gasteiger partial charge >= 0.3 is 0 Å². The van der Waals surface area contributed by atoms with Crippen LogP contribution in [0.5, 0.6) is 0 Å². The SMILES string of the molecule is O=C(NCc1ccccc1Cn1cccn1)c1c(Cl)ccc2ncccc12. The molecule has 134 valence electrons. The quantitative estimate of drug-likeness (QED) is 0.571. The molecule has 0 unspecified atom stereocenters. The number of nitrogens with zero attached hydrogens (tertiary/aromatic N) is 3. The second kappa shape index (κ2) is 7.60. The molecule has 2 heterocycles. The Bertz CT molecular complexity index is 1090.